The Morgan fingerprint density at radius 1 is 1.47 bits per heavy atom. The van der Waals surface area contributed by atoms with Gasteiger partial charge in [-0.25, -0.2) is 9.97 Å². The number of thiazole rings is 1. The average Bonchev–Trinajstić information content (AvgIpc) is 2.97. The minimum Gasteiger partial charge on any atom is -0.333 e. The third-order valence-corrected chi connectivity index (χ3v) is 3.42. The molecular formula is C12H18N4S. The Labute approximate surface area is 106 Å². The number of rotatable bonds is 7. The molecule has 2 aromatic heterocycles. The lowest BCUT2D eigenvalue weighted by Gasteiger charge is -2.07. The predicted octanol–water partition coefficient (Wildman–Crippen LogP) is 2.08. The van der Waals surface area contributed by atoms with Gasteiger partial charge in [0.25, 0.3) is 0 Å². The maximum Gasteiger partial charge on any atom is 0.0948 e. The van der Waals surface area contributed by atoms with Crippen LogP contribution in [0.15, 0.2) is 24.1 Å². The lowest BCUT2D eigenvalue weighted by molar-refractivity contribution is 0.604. The van der Waals surface area contributed by atoms with Gasteiger partial charge in [0.2, 0.25) is 0 Å². The van der Waals surface area contributed by atoms with Crippen LogP contribution < -0.4 is 5.32 Å². The number of aryl methyl sites for hydroxylation is 2. The van der Waals surface area contributed by atoms with Crippen LogP contribution in [0, 0.1) is 0 Å². The summed E-state index contributed by atoms with van der Waals surface area (Å²) in [6.45, 7) is 5.08. The van der Waals surface area contributed by atoms with Crippen molar-refractivity contribution in [3.8, 4) is 0 Å². The minimum atomic E-state index is 0.895. The molecule has 0 unspecified atom stereocenters. The second kappa shape index (κ2) is 6.51. The standard InChI is InChI=1S/C12H18N4S/c1-2-4-13-8-11-9-14-10-16(11)6-3-12-15-5-7-17-12/h5,7,9-10,13H,2-4,6,8H2,1H3. The summed E-state index contributed by atoms with van der Waals surface area (Å²) in [5, 5.41) is 6.60. The van der Waals surface area contributed by atoms with Gasteiger partial charge in [0.1, 0.15) is 0 Å². The van der Waals surface area contributed by atoms with Crippen molar-refractivity contribution in [2.75, 3.05) is 6.54 Å². The predicted molar refractivity (Wildman–Crippen MR) is 70.0 cm³/mol. The van der Waals surface area contributed by atoms with Gasteiger partial charge in [-0.3, -0.25) is 0 Å². The van der Waals surface area contributed by atoms with Gasteiger partial charge in [0, 0.05) is 37.3 Å². The zero-order chi connectivity index (χ0) is 11.9. The van der Waals surface area contributed by atoms with Gasteiger partial charge >= 0.3 is 0 Å². The van der Waals surface area contributed by atoms with Crippen LogP contribution in [0.2, 0.25) is 0 Å². The van der Waals surface area contributed by atoms with Crippen LogP contribution in [0.5, 0.6) is 0 Å². The Morgan fingerprint density at radius 2 is 2.41 bits per heavy atom. The van der Waals surface area contributed by atoms with E-state index in [0.717, 1.165) is 32.5 Å². The molecule has 92 valence electrons. The van der Waals surface area contributed by atoms with Gasteiger partial charge in [-0.1, -0.05) is 6.92 Å². The molecule has 0 radical (unpaired) electrons. The summed E-state index contributed by atoms with van der Waals surface area (Å²) >= 11 is 1.71. The fraction of sp³-hybridized carbons (Fsp3) is 0.500. The maximum absolute atomic E-state index is 4.29. The Bertz CT molecular complexity index is 421. The average molecular weight is 250 g/mol. The van der Waals surface area contributed by atoms with E-state index >= 15 is 0 Å². The third-order valence-electron chi connectivity index (χ3n) is 2.58. The number of nitrogens with zero attached hydrogens (tertiary/aromatic N) is 3. The first-order chi connectivity index (χ1) is 8.40. The Hall–Kier alpha value is -1.20. The summed E-state index contributed by atoms with van der Waals surface area (Å²) < 4.78 is 2.20. The van der Waals surface area contributed by atoms with Crippen LogP contribution >= 0.6 is 11.3 Å². The van der Waals surface area contributed by atoms with Gasteiger partial charge in [-0.2, -0.15) is 0 Å². The normalized spacial score (nSPS) is 10.9. The molecule has 1 N–H and O–H groups in total. The molecule has 2 heterocycles. The fourth-order valence-corrected chi connectivity index (χ4v) is 2.29. The molecule has 0 aromatic carbocycles. The minimum absolute atomic E-state index is 0.895. The molecular weight excluding hydrogens is 232 g/mol. The molecule has 0 saturated carbocycles. The number of nitrogens with one attached hydrogen (secondary N) is 1. The lowest BCUT2D eigenvalue weighted by atomic mass is 10.4. The summed E-state index contributed by atoms with van der Waals surface area (Å²) in [7, 11) is 0. The van der Waals surface area contributed by atoms with Gasteiger partial charge in [-0.15, -0.1) is 11.3 Å². The Balaban J connectivity index is 1.85. The van der Waals surface area contributed by atoms with Crippen molar-refractivity contribution < 1.29 is 0 Å². The van der Waals surface area contributed by atoms with Crippen molar-refractivity contribution in [2.24, 2.45) is 0 Å². The van der Waals surface area contributed by atoms with E-state index in [-0.39, 0.29) is 0 Å². The monoisotopic (exact) mass is 250 g/mol. The third kappa shape index (κ3) is 3.64. The van der Waals surface area contributed by atoms with Crippen molar-refractivity contribution in [1.82, 2.24) is 19.9 Å². The summed E-state index contributed by atoms with van der Waals surface area (Å²) in [5.74, 6) is 0. The Kier molecular flexibility index (Phi) is 4.70. The number of aromatic nitrogens is 3. The summed E-state index contributed by atoms with van der Waals surface area (Å²) in [5.41, 5.74) is 1.25. The van der Waals surface area contributed by atoms with Crippen LogP contribution in [0.25, 0.3) is 0 Å². The highest BCUT2D eigenvalue weighted by Gasteiger charge is 2.02. The van der Waals surface area contributed by atoms with E-state index < -0.39 is 0 Å². The second-order valence-corrected chi connectivity index (χ2v) is 4.91. The number of hydrogen-bond donors (Lipinski definition) is 1. The van der Waals surface area contributed by atoms with Crippen molar-refractivity contribution in [3.05, 3.63) is 34.8 Å². The molecule has 0 aliphatic heterocycles. The highest BCUT2D eigenvalue weighted by molar-refractivity contribution is 7.09. The summed E-state index contributed by atoms with van der Waals surface area (Å²) in [6.07, 6.45) is 7.83. The molecule has 5 heteroatoms. The van der Waals surface area contributed by atoms with Crippen molar-refractivity contribution in [2.45, 2.75) is 32.9 Å². The molecule has 0 amide bonds. The van der Waals surface area contributed by atoms with Crippen molar-refractivity contribution in [1.29, 1.82) is 0 Å². The van der Waals surface area contributed by atoms with Crippen LogP contribution in [0.4, 0.5) is 0 Å². The molecule has 2 rings (SSSR count). The highest BCUT2D eigenvalue weighted by Crippen LogP contribution is 2.07. The first-order valence-electron chi connectivity index (χ1n) is 5.98. The smallest absolute Gasteiger partial charge is 0.0948 e. The van der Waals surface area contributed by atoms with Crippen LogP contribution in [0.3, 0.4) is 0 Å². The maximum atomic E-state index is 4.29. The van der Waals surface area contributed by atoms with Gasteiger partial charge in [-0.05, 0) is 13.0 Å². The topological polar surface area (TPSA) is 42.7 Å². The van der Waals surface area contributed by atoms with Crippen molar-refractivity contribution in [3.63, 3.8) is 0 Å². The summed E-state index contributed by atoms with van der Waals surface area (Å²) in [4.78, 5) is 8.50. The first kappa shape index (κ1) is 12.3. The first-order valence-corrected chi connectivity index (χ1v) is 6.86. The molecule has 0 fully saturated rings. The largest absolute Gasteiger partial charge is 0.333 e. The fourth-order valence-electron chi connectivity index (χ4n) is 1.68. The highest BCUT2D eigenvalue weighted by atomic mass is 32.1. The van der Waals surface area contributed by atoms with Crippen LogP contribution in [0.1, 0.15) is 24.0 Å². The second-order valence-electron chi connectivity index (χ2n) is 3.93. The molecule has 0 saturated heterocycles. The summed E-state index contributed by atoms with van der Waals surface area (Å²) in [6, 6.07) is 0. The van der Waals surface area contributed by atoms with E-state index in [1.165, 1.54) is 10.7 Å². The van der Waals surface area contributed by atoms with Gasteiger partial charge in [0.05, 0.1) is 17.0 Å². The molecule has 17 heavy (non-hydrogen) atoms. The lowest BCUT2D eigenvalue weighted by Crippen LogP contribution is -2.17. The number of imidazole rings is 1. The van der Waals surface area contributed by atoms with Gasteiger partial charge < -0.3 is 9.88 Å². The van der Waals surface area contributed by atoms with E-state index in [2.05, 4.69) is 26.8 Å². The molecule has 2 aromatic rings. The van der Waals surface area contributed by atoms with Gasteiger partial charge in [0.15, 0.2) is 0 Å². The SMILES string of the molecule is CCCNCc1cncn1CCc1nccs1. The molecule has 0 aliphatic rings. The molecule has 0 spiro atoms. The Morgan fingerprint density at radius 3 is 3.18 bits per heavy atom. The molecule has 0 bridgehead atoms. The number of hydrogen-bond acceptors (Lipinski definition) is 4. The van der Waals surface area contributed by atoms with Crippen molar-refractivity contribution >= 4 is 11.3 Å². The van der Waals surface area contributed by atoms with E-state index in [9.17, 15) is 0 Å². The van der Waals surface area contributed by atoms with E-state index in [4.69, 9.17) is 0 Å². The zero-order valence-corrected chi connectivity index (χ0v) is 10.9. The van der Waals surface area contributed by atoms with E-state index in [1.807, 2.05) is 24.1 Å². The molecule has 0 atom stereocenters. The van der Waals surface area contributed by atoms with E-state index in [1.54, 1.807) is 11.3 Å². The van der Waals surface area contributed by atoms with Crippen LogP contribution in [-0.4, -0.2) is 21.1 Å². The quantitative estimate of drug-likeness (QED) is 0.765. The van der Waals surface area contributed by atoms with Crippen LogP contribution in [-0.2, 0) is 19.5 Å². The zero-order valence-electron chi connectivity index (χ0n) is 10.1. The molecule has 0 aliphatic carbocycles. The molecule has 4 nitrogen and oxygen atoms in total. The van der Waals surface area contributed by atoms with E-state index in [0.29, 0.717) is 0 Å².